The first-order valence-electron chi connectivity index (χ1n) is 7.78. The maximum atomic E-state index is 9.57. The van der Waals surface area contributed by atoms with Crippen molar-refractivity contribution in [2.24, 2.45) is 0 Å². The second-order valence-electron chi connectivity index (χ2n) is 6.02. The summed E-state index contributed by atoms with van der Waals surface area (Å²) in [5.74, 6) is 0.915. The first kappa shape index (κ1) is 15.2. The molecule has 0 saturated carbocycles. The van der Waals surface area contributed by atoms with E-state index in [9.17, 15) is 10.2 Å². The van der Waals surface area contributed by atoms with E-state index in [4.69, 9.17) is 0 Å². The molecule has 3 rings (SSSR count). The number of hydrogen-bond acceptors (Lipinski definition) is 2. The summed E-state index contributed by atoms with van der Waals surface area (Å²) in [4.78, 5) is 0. The summed E-state index contributed by atoms with van der Waals surface area (Å²) in [6.07, 6.45) is 0. The van der Waals surface area contributed by atoms with Gasteiger partial charge in [0.1, 0.15) is 11.5 Å². The molecule has 3 aromatic carbocycles. The summed E-state index contributed by atoms with van der Waals surface area (Å²) in [5, 5.41) is 19.1. The Morgan fingerprint density at radius 2 is 1.17 bits per heavy atom. The molecular weight excluding hydrogens is 284 g/mol. The Bertz CT molecular complexity index is 800. The Hall–Kier alpha value is -2.74. The molecule has 0 radical (unpaired) electrons. The number of rotatable bonds is 3. The number of phenolic OH excluding ortho intramolecular Hbond substituents is 2. The lowest BCUT2D eigenvalue weighted by molar-refractivity contribution is 0.475. The quantitative estimate of drug-likeness (QED) is 0.665. The van der Waals surface area contributed by atoms with Crippen LogP contribution in [0.3, 0.4) is 0 Å². The van der Waals surface area contributed by atoms with Crippen LogP contribution in [-0.4, -0.2) is 10.2 Å². The highest BCUT2D eigenvalue weighted by Crippen LogP contribution is 2.38. The largest absolute Gasteiger partial charge is 0.508 e. The van der Waals surface area contributed by atoms with E-state index in [0.29, 0.717) is 5.92 Å². The maximum absolute atomic E-state index is 9.57. The van der Waals surface area contributed by atoms with E-state index < -0.39 is 0 Å². The van der Waals surface area contributed by atoms with Gasteiger partial charge in [0.05, 0.1) is 0 Å². The van der Waals surface area contributed by atoms with Crippen LogP contribution in [0, 0.1) is 0 Å². The van der Waals surface area contributed by atoms with Gasteiger partial charge in [0.25, 0.3) is 0 Å². The van der Waals surface area contributed by atoms with Gasteiger partial charge in [-0.15, -0.1) is 0 Å². The monoisotopic (exact) mass is 304 g/mol. The van der Waals surface area contributed by atoms with Crippen molar-refractivity contribution in [2.75, 3.05) is 0 Å². The fourth-order valence-electron chi connectivity index (χ4n) is 2.88. The van der Waals surface area contributed by atoms with Gasteiger partial charge >= 0.3 is 0 Å². The molecule has 3 aromatic rings. The summed E-state index contributed by atoms with van der Waals surface area (Å²) >= 11 is 0. The van der Waals surface area contributed by atoms with E-state index in [2.05, 4.69) is 32.0 Å². The summed E-state index contributed by atoms with van der Waals surface area (Å²) in [7, 11) is 0. The normalized spacial score (nSPS) is 10.9. The molecule has 0 aliphatic heterocycles. The van der Waals surface area contributed by atoms with Crippen LogP contribution in [0.5, 0.6) is 11.5 Å². The van der Waals surface area contributed by atoms with Gasteiger partial charge in [0, 0.05) is 0 Å². The second-order valence-corrected chi connectivity index (χ2v) is 6.02. The fourth-order valence-corrected chi connectivity index (χ4v) is 2.88. The van der Waals surface area contributed by atoms with E-state index in [1.54, 1.807) is 24.3 Å². The number of aromatic hydroxyl groups is 2. The molecule has 0 unspecified atom stereocenters. The minimum absolute atomic E-state index is 0.264. The van der Waals surface area contributed by atoms with Gasteiger partial charge in [-0.25, -0.2) is 0 Å². The highest BCUT2D eigenvalue weighted by Gasteiger charge is 2.14. The van der Waals surface area contributed by atoms with E-state index >= 15 is 0 Å². The molecular formula is C21H20O2. The summed E-state index contributed by atoms with van der Waals surface area (Å²) in [6.45, 7) is 4.36. The van der Waals surface area contributed by atoms with Crippen LogP contribution in [-0.2, 0) is 0 Å². The van der Waals surface area contributed by atoms with Crippen molar-refractivity contribution in [3.63, 3.8) is 0 Å². The third kappa shape index (κ3) is 3.07. The summed E-state index contributed by atoms with van der Waals surface area (Å²) in [6, 6.07) is 20.9. The van der Waals surface area contributed by atoms with E-state index in [1.807, 2.05) is 24.3 Å². The van der Waals surface area contributed by atoms with Gasteiger partial charge in [-0.2, -0.15) is 0 Å². The van der Waals surface area contributed by atoms with Crippen molar-refractivity contribution < 1.29 is 10.2 Å². The Morgan fingerprint density at radius 3 is 1.70 bits per heavy atom. The van der Waals surface area contributed by atoms with Gasteiger partial charge in [-0.05, 0) is 58.0 Å². The predicted molar refractivity (Wildman–Crippen MR) is 94.7 cm³/mol. The lowest BCUT2D eigenvalue weighted by Crippen LogP contribution is -1.95. The van der Waals surface area contributed by atoms with Crippen LogP contribution < -0.4 is 0 Å². The van der Waals surface area contributed by atoms with Crippen molar-refractivity contribution in [3.05, 3.63) is 72.3 Å². The molecule has 0 saturated heterocycles. The number of phenols is 2. The molecule has 0 amide bonds. The average Bonchev–Trinajstić information content (AvgIpc) is 2.55. The smallest absolute Gasteiger partial charge is 0.115 e. The summed E-state index contributed by atoms with van der Waals surface area (Å²) in [5.41, 5.74) is 5.71. The molecule has 0 atom stereocenters. The zero-order valence-corrected chi connectivity index (χ0v) is 13.3. The van der Waals surface area contributed by atoms with E-state index in [1.165, 1.54) is 11.1 Å². The molecule has 0 aliphatic rings. The molecule has 0 aromatic heterocycles. The summed E-state index contributed by atoms with van der Waals surface area (Å²) < 4.78 is 0. The van der Waals surface area contributed by atoms with Crippen LogP contribution in [0.2, 0.25) is 0 Å². The fraction of sp³-hybridized carbons (Fsp3) is 0.143. The van der Waals surface area contributed by atoms with E-state index in [0.717, 1.165) is 16.7 Å². The Kier molecular flexibility index (Phi) is 4.07. The highest BCUT2D eigenvalue weighted by atomic mass is 16.3. The van der Waals surface area contributed by atoms with Gasteiger partial charge in [0.2, 0.25) is 0 Å². The Labute approximate surface area is 136 Å². The van der Waals surface area contributed by atoms with Gasteiger partial charge in [-0.1, -0.05) is 56.3 Å². The maximum Gasteiger partial charge on any atom is 0.115 e. The zero-order chi connectivity index (χ0) is 16.4. The Morgan fingerprint density at radius 1 is 0.652 bits per heavy atom. The zero-order valence-electron chi connectivity index (χ0n) is 13.3. The van der Waals surface area contributed by atoms with Gasteiger partial charge < -0.3 is 10.2 Å². The molecule has 2 N–H and O–H groups in total. The minimum atomic E-state index is 0.264. The predicted octanol–water partition coefficient (Wildman–Crippen LogP) is 5.56. The van der Waals surface area contributed by atoms with Gasteiger partial charge in [0.15, 0.2) is 0 Å². The van der Waals surface area contributed by atoms with Crippen molar-refractivity contribution in [1.82, 2.24) is 0 Å². The van der Waals surface area contributed by atoms with Gasteiger partial charge in [-0.3, -0.25) is 0 Å². The number of benzene rings is 3. The second kappa shape index (κ2) is 6.17. The Balaban J connectivity index is 2.25. The van der Waals surface area contributed by atoms with Crippen LogP contribution >= 0.6 is 0 Å². The molecule has 2 heteroatoms. The van der Waals surface area contributed by atoms with Crippen LogP contribution in [0.15, 0.2) is 66.7 Å². The first-order chi connectivity index (χ1) is 11.1. The molecule has 0 heterocycles. The third-order valence-electron chi connectivity index (χ3n) is 4.05. The van der Waals surface area contributed by atoms with E-state index in [-0.39, 0.29) is 11.5 Å². The number of hydrogen-bond donors (Lipinski definition) is 2. The molecule has 2 nitrogen and oxygen atoms in total. The van der Waals surface area contributed by atoms with Crippen LogP contribution in [0.25, 0.3) is 22.3 Å². The third-order valence-corrected chi connectivity index (χ3v) is 4.05. The van der Waals surface area contributed by atoms with Crippen molar-refractivity contribution in [1.29, 1.82) is 0 Å². The van der Waals surface area contributed by atoms with Crippen LogP contribution in [0.1, 0.15) is 25.3 Å². The SMILES string of the molecule is CC(C)c1cccc(-c2ccc(O)cc2)c1-c1ccc(O)cc1. The molecule has 0 spiro atoms. The average molecular weight is 304 g/mol. The molecule has 0 fully saturated rings. The van der Waals surface area contributed by atoms with Crippen molar-refractivity contribution in [2.45, 2.75) is 19.8 Å². The molecule has 116 valence electrons. The topological polar surface area (TPSA) is 40.5 Å². The van der Waals surface area contributed by atoms with Crippen molar-refractivity contribution >= 4 is 0 Å². The lowest BCUT2D eigenvalue weighted by Gasteiger charge is -2.18. The molecule has 0 bridgehead atoms. The standard InChI is InChI=1S/C21H20O2/c1-14(2)19-4-3-5-20(15-6-10-17(22)11-7-15)21(19)16-8-12-18(23)13-9-16/h3-14,22-23H,1-2H3. The minimum Gasteiger partial charge on any atom is -0.508 e. The van der Waals surface area contributed by atoms with Crippen LogP contribution in [0.4, 0.5) is 0 Å². The molecule has 0 aliphatic carbocycles. The van der Waals surface area contributed by atoms with Crippen molar-refractivity contribution in [3.8, 4) is 33.8 Å². The highest BCUT2D eigenvalue weighted by molar-refractivity contribution is 5.86. The molecule has 23 heavy (non-hydrogen) atoms. The first-order valence-corrected chi connectivity index (χ1v) is 7.78. The lowest BCUT2D eigenvalue weighted by atomic mass is 9.86.